The summed E-state index contributed by atoms with van der Waals surface area (Å²) in [5.74, 6) is -3.12. The van der Waals surface area contributed by atoms with Crippen LogP contribution < -0.4 is 5.32 Å². The lowest BCUT2D eigenvalue weighted by atomic mass is 9.70. The van der Waals surface area contributed by atoms with E-state index in [-0.39, 0.29) is 18.6 Å². The zero-order valence-corrected chi connectivity index (χ0v) is 18.0. The van der Waals surface area contributed by atoms with Gasteiger partial charge in [0.05, 0.1) is 5.92 Å². The predicted molar refractivity (Wildman–Crippen MR) is 110 cm³/mol. The Balaban J connectivity index is 1.65. The van der Waals surface area contributed by atoms with E-state index in [0.717, 1.165) is 24.8 Å². The van der Waals surface area contributed by atoms with Crippen molar-refractivity contribution in [2.45, 2.75) is 56.9 Å². The van der Waals surface area contributed by atoms with Gasteiger partial charge in [-0.3, -0.25) is 24.1 Å². The number of carbonyl (C=O) groups is 4. The van der Waals surface area contributed by atoms with Crippen molar-refractivity contribution in [2.75, 3.05) is 18.5 Å². The summed E-state index contributed by atoms with van der Waals surface area (Å²) < 4.78 is 16.5. The number of esters is 3. The Morgan fingerprint density at radius 2 is 1.97 bits per heavy atom. The largest absolute Gasteiger partial charge is 0.462 e. The van der Waals surface area contributed by atoms with E-state index in [1.54, 1.807) is 0 Å². The molecule has 1 aromatic rings. The minimum absolute atomic E-state index is 0.150. The van der Waals surface area contributed by atoms with E-state index >= 15 is 0 Å². The highest BCUT2D eigenvalue weighted by Crippen LogP contribution is 2.59. The number of fused-ring (bicyclic) bond motifs is 7. The van der Waals surface area contributed by atoms with Gasteiger partial charge in [-0.1, -0.05) is 24.6 Å². The Kier molecular flexibility index (Phi) is 4.96. The molecule has 4 aliphatic heterocycles. The number of hydrogen-bond donors (Lipinski definition) is 1. The average Bonchev–Trinajstić information content (AvgIpc) is 3.23. The van der Waals surface area contributed by atoms with Gasteiger partial charge in [-0.05, 0) is 25.5 Å². The van der Waals surface area contributed by atoms with Crippen LogP contribution in [0.4, 0.5) is 5.69 Å². The monoisotopic (exact) mass is 442 g/mol. The van der Waals surface area contributed by atoms with Crippen molar-refractivity contribution in [1.82, 2.24) is 4.90 Å². The molecule has 3 fully saturated rings. The van der Waals surface area contributed by atoms with Crippen LogP contribution in [0, 0.1) is 11.8 Å². The minimum Gasteiger partial charge on any atom is -0.462 e. The predicted octanol–water partition coefficient (Wildman–Crippen LogP) is 1.35. The Morgan fingerprint density at radius 3 is 2.72 bits per heavy atom. The molecule has 3 saturated heterocycles. The third kappa shape index (κ3) is 2.87. The molecule has 0 bridgehead atoms. The highest BCUT2D eigenvalue weighted by atomic mass is 16.6. The Labute approximate surface area is 185 Å². The van der Waals surface area contributed by atoms with Crippen molar-refractivity contribution >= 4 is 29.5 Å². The average molecular weight is 442 g/mol. The van der Waals surface area contributed by atoms with E-state index in [0.29, 0.717) is 12.2 Å². The number of hydrogen-bond acceptors (Lipinski definition) is 8. The number of para-hydroxylation sites is 1. The van der Waals surface area contributed by atoms with E-state index in [1.807, 2.05) is 24.3 Å². The number of amides is 1. The van der Waals surface area contributed by atoms with Gasteiger partial charge in [0.15, 0.2) is 6.10 Å². The van der Waals surface area contributed by atoms with E-state index < -0.39 is 47.5 Å². The molecular formula is C23H26N2O7. The summed E-state index contributed by atoms with van der Waals surface area (Å²) in [6, 6.07) is 7.25. The second kappa shape index (κ2) is 7.58. The molecule has 0 aliphatic carbocycles. The fraction of sp³-hybridized carbons (Fsp3) is 0.565. The highest BCUT2D eigenvalue weighted by Gasteiger charge is 2.73. The molecule has 0 aromatic heterocycles. The number of carbonyl (C=O) groups excluding carboxylic acids is 4. The molecule has 1 aromatic carbocycles. The summed E-state index contributed by atoms with van der Waals surface area (Å²) in [7, 11) is 0. The lowest BCUT2D eigenvalue weighted by molar-refractivity contribution is -0.201. The van der Waals surface area contributed by atoms with Gasteiger partial charge < -0.3 is 19.5 Å². The first kappa shape index (κ1) is 20.9. The molecule has 9 heteroatoms. The number of anilines is 1. The first-order valence-corrected chi connectivity index (χ1v) is 11.0. The molecule has 1 N–H and O–H groups in total. The summed E-state index contributed by atoms with van der Waals surface area (Å²) in [5, 5.41) is 2.96. The van der Waals surface area contributed by atoms with Crippen molar-refractivity contribution < 1.29 is 33.4 Å². The molecule has 0 unspecified atom stereocenters. The maximum Gasteiger partial charge on any atom is 0.312 e. The molecule has 1 amide bonds. The van der Waals surface area contributed by atoms with Crippen LogP contribution in [-0.4, -0.2) is 60.1 Å². The third-order valence-electron chi connectivity index (χ3n) is 7.23. The van der Waals surface area contributed by atoms with Gasteiger partial charge in [-0.25, -0.2) is 0 Å². The smallest absolute Gasteiger partial charge is 0.312 e. The molecule has 170 valence electrons. The number of rotatable bonds is 3. The van der Waals surface area contributed by atoms with Gasteiger partial charge in [0.2, 0.25) is 0 Å². The lowest BCUT2D eigenvalue weighted by Gasteiger charge is -2.41. The molecule has 1 spiro atoms. The third-order valence-corrected chi connectivity index (χ3v) is 7.23. The fourth-order valence-electron chi connectivity index (χ4n) is 6.28. The maximum absolute atomic E-state index is 13.6. The summed E-state index contributed by atoms with van der Waals surface area (Å²) >= 11 is 0. The maximum atomic E-state index is 13.6. The number of ether oxygens (including phenoxy) is 3. The molecule has 9 nitrogen and oxygen atoms in total. The molecule has 0 saturated carbocycles. The van der Waals surface area contributed by atoms with Crippen LogP contribution in [0.2, 0.25) is 0 Å². The van der Waals surface area contributed by atoms with E-state index in [4.69, 9.17) is 14.2 Å². The van der Waals surface area contributed by atoms with Crippen LogP contribution in [0.1, 0.15) is 38.7 Å². The SMILES string of the molecule is CC(=O)OC[C@H]1OC(=O)[C@H]2[C@@H]([C@H]1OC(C)=O)[C@@H]1CCCCN1[C@@]21C(=O)Nc2ccccc21. The van der Waals surface area contributed by atoms with Crippen LogP contribution in [0.3, 0.4) is 0 Å². The quantitative estimate of drug-likeness (QED) is 0.552. The van der Waals surface area contributed by atoms with Crippen molar-refractivity contribution in [3.8, 4) is 0 Å². The number of nitrogens with zero attached hydrogens (tertiary/aromatic N) is 1. The van der Waals surface area contributed by atoms with Gasteiger partial charge in [0.25, 0.3) is 5.91 Å². The topological polar surface area (TPSA) is 111 Å². The normalized spacial score (nSPS) is 35.4. The van der Waals surface area contributed by atoms with E-state index in [2.05, 4.69) is 10.2 Å². The van der Waals surface area contributed by atoms with E-state index in [9.17, 15) is 19.2 Å². The molecule has 0 radical (unpaired) electrons. The van der Waals surface area contributed by atoms with Gasteiger partial charge in [-0.15, -0.1) is 0 Å². The molecular weight excluding hydrogens is 416 g/mol. The van der Waals surface area contributed by atoms with E-state index in [1.165, 1.54) is 13.8 Å². The van der Waals surface area contributed by atoms with Gasteiger partial charge >= 0.3 is 17.9 Å². The highest BCUT2D eigenvalue weighted by molar-refractivity contribution is 6.09. The second-order valence-corrected chi connectivity index (χ2v) is 8.93. The van der Waals surface area contributed by atoms with Gasteiger partial charge in [-0.2, -0.15) is 0 Å². The number of benzene rings is 1. The van der Waals surface area contributed by atoms with Crippen LogP contribution in [-0.2, 0) is 38.9 Å². The van der Waals surface area contributed by atoms with Crippen molar-refractivity contribution in [3.63, 3.8) is 0 Å². The van der Waals surface area contributed by atoms with Crippen LogP contribution >= 0.6 is 0 Å². The van der Waals surface area contributed by atoms with Crippen LogP contribution in [0.25, 0.3) is 0 Å². The zero-order valence-electron chi connectivity index (χ0n) is 18.0. The van der Waals surface area contributed by atoms with Crippen molar-refractivity contribution in [2.24, 2.45) is 11.8 Å². The summed E-state index contributed by atoms with van der Waals surface area (Å²) in [6.07, 6.45) is 0.872. The standard InChI is InChI=1S/C23H26N2O7/c1-12(26)30-11-17-20(31-13(2)27)18-16-9-5-6-10-25(16)23(19(18)21(28)32-17)14-7-3-4-8-15(14)24-22(23)29/h3-4,7-8,16-20H,5-6,9-11H2,1-2H3,(H,24,29)/t16-,17+,18-,19+,20-,23+/m0/s1. The summed E-state index contributed by atoms with van der Waals surface area (Å²) in [6.45, 7) is 3.01. The number of nitrogens with one attached hydrogen (secondary N) is 1. The number of piperidine rings is 1. The number of cyclic esters (lactones) is 1. The lowest BCUT2D eigenvalue weighted by Crippen LogP contribution is -2.58. The molecule has 4 heterocycles. The Hall–Kier alpha value is -2.94. The van der Waals surface area contributed by atoms with Crippen molar-refractivity contribution in [3.05, 3.63) is 29.8 Å². The Morgan fingerprint density at radius 1 is 1.19 bits per heavy atom. The molecule has 6 atom stereocenters. The summed E-state index contributed by atoms with van der Waals surface area (Å²) in [5.41, 5.74) is 0.219. The first-order valence-electron chi connectivity index (χ1n) is 11.0. The molecule has 32 heavy (non-hydrogen) atoms. The molecule has 4 aliphatic rings. The Bertz CT molecular complexity index is 994. The van der Waals surface area contributed by atoms with Gasteiger partial charge in [0.1, 0.15) is 18.2 Å². The van der Waals surface area contributed by atoms with Crippen LogP contribution in [0.15, 0.2) is 24.3 Å². The fourth-order valence-corrected chi connectivity index (χ4v) is 6.28. The van der Waals surface area contributed by atoms with Crippen molar-refractivity contribution in [1.29, 1.82) is 0 Å². The minimum atomic E-state index is -1.21. The van der Waals surface area contributed by atoms with Gasteiger partial charge in [0, 0.05) is 37.1 Å². The zero-order chi connectivity index (χ0) is 22.6. The van der Waals surface area contributed by atoms with Crippen LogP contribution in [0.5, 0.6) is 0 Å². The molecule has 5 rings (SSSR count). The second-order valence-electron chi connectivity index (χ2n) is 8.93. The first-order chi connectivity index (χ1) is 15.4. The summed E-state index contributed by atoms with van der Waals surface area (Å²) in [4.78, 5) is 52.7.